The van der Waals surface area contributed by atoms with E-state index in [4.69, 9.17) is 0 Å². The van der Waals surface area contributed by atoms with Crippen LogP contribution in [0.1, 0.15) is 29.3 Å². The smallest absolute Gasteiger partial charge is 0.238 e. The Labute approximate surface area is 133 Å². The number of carbonyl (C=O) groups excluding carboxylic acids is 2. The summed E-state index contributed by atoms with van der Waals surface area (Å²) in [5.41, 5.74) is 1.70. The van der Waals surface area contributed by atoms with Gasteiger partial charge in [-0.05, 0) is 30.7 Å². The largest absolute Gasteiger partial charge is 0.358 e. The van der Waals surface area contributed by atoms with Gasteiger partial charge in [-0.25, -0.2) is 0 Å². The predicted molar refractivity (Wildman–Crippen MR) is 85.8 cm³/mol. The van der Waals surface area contributed by atoms with Crippen molar-refractivity contribution in [1.82, 2.24) is 10.6 Å². The van der Waals surface area contributed by atoms with E-state index in [2.05, 4.69) is 28.9 Å². The summed E-state index contributed by atoms with van der Waals surface area (Å²) in [7, 11) is 1.54. The molecule has 0 bridgehead atoms. The Morgan fingerprint density at radius 2 is 2.09 bits per heavy atom. The highest BCUT2D eigenvalue weighted by Gasteiger charge is 2.24. The van der Waals surface area contributed by atoms with E-state index in [1.165, 1.54) is 16.2 Å². The molecule has 1 aromatic rings. The van der Waals surface area contributed by atoms with E-state index in [1.807, 2.05) is 0 Å². The molecule has 0 unspecified atom stereocenters. The summed E-state index contributed by atoms with van der Waals surface area (Å²) in [5, 5.41) is 18.0. The van der Waals surface area contributed by atoms with Crippen LogP contribution >= 0.6 is 11.3 Å². The fourth-order valence-electron chi connectivity index (χ4n) is 2.51. The number of nitrogens with zero attached hydrogens (tertiary/aromatic N) is 1. The van der Waals surface area contributed by atoms with Gasteiger partial charge in [-0.3, -0.25) is 14.9 Å². The quantitative estimate of drug-likeness (QED) is 0.755. The van der Waals surface area contributed by atoms with Crippen LogP contribution < -0.4 is 16.0 Å². The molecule has 6 nitrogen and oxygen atoms in total. The van der Waals surface area contributed by atoms with Crippen molar-refractivity contribution in [3.05, 3.63) is 16.0 Å². The summed E-state index contributed by atoms with van der Waals surface area (Å²) < 4.78 is 0. The lowest BCUT2D eigenvalue weighted by Gasteiger charge is -2.17. The first-order chi connectivity index (χ1) is 10.5. The number of amides is 2. The van der Waals surface area contributed by atoms with Crippen molar-refractivity contribution >= 4 is 28.2 Å². The number of nitrogens with one attached hydrogen (secondary N) is 3. The minimum absolute atomic E-state index is 0.0389. The Hall–Kier alpha value is -1.91. The lowest BCUT2D eigenvalue weighted by atomic mass is 9.89. The van der Waals surface area contributed by atoms with Crippen molar-refractivity contribution in [3.63, 3.8) is 0 Å². The molecule has 0 saturated heterocycles. The molecule has 0 saturated carbocycles. The molecule has 0 fully saturated rings. The van der Waals surface area contributed by atoms with E-state index in [9.17, 15) is 14.9 Å². The topological polar surface area (TPSA) is 94.0 Å². The van der Waals surface area contributed by atoms with Gasteiger partial charge in [0.1, 0.15) is 11.1 Å². The van der Waals surface area contributed by atoms with Gasteiger partial charge in [-0.2, -0.15) is 5.26 Å². The molecule has 1 heterocycles. The summed E-state index contributed by atoms with van der Waals surface area (Å²) >= 11 is 1.50. The van der Waals surface area contributed by atoms with E-state index in [1.54, 1.807) is 7.05 Å². The minimum atomic E-state index is -0.243. The van der Waals surface area contributed by atoms with E-state index >= 15 is 0 Å². The van der Waals surface area contributed by atoms with Crippen molar-refractivity contribution in [1.29, 1.82) is 5.26 Å². The number of hydrogen-bond donors (Lipinski definition) is 3. The van der Waals surface area contributed by atoms with Crippen LogP contribution in [0.5, 0.6) is 0 Å². The lowest BCUT2D eigenvalue weighted by Crippen LogP contribution is -2.36. The molecule has 0 radical (unpaired) electrons. The van der Waals surface area contributed by atoms with Crippen molar-refractivity contribution in [2.75, 3.05) is 25.5 Å². The van der Waals surface area contributed by atoms with Gasteiger partial charge in [0.05, 0.1) is 18.7 Å². The number of rotatable bonds is 5. The summed E-state index contributed by atoms with van der Waals surface area (Å²) in [5.74, 6) is 0.202. The van der Waals surface area contributed by atoms with Crippen LogP contribution in [-0.4, -0.2) is 32.0 Å². The highest BCUT2D eigenvalue weighted by Crippen LogP contribution is 2.39. The van der Waals surface area contributed by atoms with Gasteiger partial charge in [0, 0.05) is 11.9 Å². The van der Waals surface area contributed by atoms with Crippen LogP contribution in [0.3, 0.4) is 0 Å². The SMILES string of the molecule is CNC(=O)CNCC(=O)Nc1sc2c(c1C#N)CC[C@@H](C)C2. The molecule has 2 amide bonds. The zero-order chi connectivity index (χ0) is 16.1. The van der Waals surface area contributed by atoms with Gasteiger partial charge in [0.2, 0.25) is 11.8 Å². The monoisotopic (exact) mass is 320 g/mol. The Morgan fingerprint density at radius 1 is 1.36 bits per heavy atom. The van der Waals surface area contributed by atoms with E-state index < -0.39 is 0 Å². The first-order valence-electron chi connectivity index (χ1n) is 7.31. The molecule has 1 aromatic heterocycles. The molecule has 1 aliphatic rings. The van der Waals surface area contributed by atoms with Gasteiger partial charge >= 0.3 is 0 Å². The normalized spacial score (nSPS) is 16.5. The summed E-state index contributed by atoms with van der Waals surface area (Å²) in [6, 6.07) is 2.22. The molecule has 7 heteroatoms. The molecule has 0 aromatic carbocycles. The molecular formula is C15H20N4O2S. The number of carbonyl (C=O) groups is 2. The van der Waals surface area contributed by atoms with Gasteiger partial charge < -0.3 is 10.6 Å². The van der Waals surface area contributed by atoms with Gasteiger partial charge in [0.25, 0.3) is 0 Å². The predicted octanol–water partition coefficient (Wildman–Crippen LogP) is 1.02. The number of hydrogen-bond acceptors (Lipinski definition) is 5. The molecule has 118 valence electrons. The van der Waals surface area contributed by atoms with Crippen LogP contribution in [0.2, 0.25) is 0 Å². The third-order valence-corrected chi connectivity index (χ3v) is 4.90. The summed E-state index contributed by atoms with van der Waals surface area (Å²) in [6.45, 7) is 2.33. The van der Waals surface area contributed by atoms with Crippen LogP contribution in [0.4, 0.5) is 5.00 Å². The lowest BCUT2D eigenvalue weighted by molar-refractivity contribution is -0.119. The third kappa shape index (κ3) is 3.84. The average molecular weight is 320 g/mol. The number of likely N-dealkylation sites (N-methyl/N-ethyl adjacent to an activating group) is 1. The molecule has 0 spiro atoms. The Morgan fingerprint density at radius 3 is 2.77 bits per heavy atom. The van der Waals surface area contributed by atoms with Gasteiger partial charge in [0.15, 0.2) is 0 Å². The first-order valence-corrected chi connectivity index (χ1v) is 8.12. The van der Waals surface area contributed by atoms with E-state index in [-0.39, 0.29) is 24.9 Å². The third-order valence-electron chi connectivity index (χ3n) is 3.73. The van der Waals surface area contributed by atoms with Gasteiger partial charge in [-0.15, -0.1) is 11.3 Å². The molecule has 22 heavy (non-hydrogen) atoms. The average Bonchev–Trinajstić information content (AvgIpc) is 2.82. The van der Waals surface area contributed by atoms with Crippen molar-refractivity contribution in [2.45, 2.75) is 26.2 Å². The second-order valence-corrected chi connectivity index (χ2v) is 6.60. The standard InChI is InChI=1S/C15H20N4O2S/c1-9-3-4-10-11(6-16)15(22-12(10)5-9)19-14(21)8-18-7-13(20)17-2/h9,18H,3-5,7-8H2,1-2H3,(H,17,20)(H,19,21)/t9-/m1/s1. The summed E-state index contributed by atoms with van der Waals surface area (Å²) in [6.07, 6.45) is 2.96. The number of fused-ring (bicyclic) bond motifs is 1. The number of anilines is 1. The molecule has 1 aliphatic carbocycles. The second-order valence-electron chi connectivity index (χ2n) is 5.49. The highest BCUT2D eigenvalue weighted by molar-refractivity contribution is 7.16. The van der Waals surface area contributed by atoms with Gasteiger partial charge in [-0.1, -0.05) is 6.92 Å². The summed E-state index contributed by atoms with van der Waals surface area (Å²) in [4.78, 5) is 24.2. The maximum Gasteiger partial charge on any atom is 0.238 e. The van der Waals surface area contributed by atoms with Crippen molar-refractivity contribution in [3.8, 4) is 6.07 Å². The zero-order valence-corrected chi connectivity index (χ0v) is 13.6. The second kappa shape index (κ2) is 7.38. The Bertz CT molecular complexity index is 618. The van der Waals surface area contributed by atoms with Crippen molar-refractivity contribution in [2.24, 2.45) is 5.92 Å². The van der Waals surface area contributed by atoms with Crippen LogP contribution in [0.25, 0.3) is 0 Å². The minimum Gasteiger partial charge on any atom is -0.358 e. The van der Waals surface area contributed by atoms with E-state index in [0.717, 1.165) is 24.8 Å². The van der Waals surface area contributed by atoms with Crippen LogP contribution in [0.15, 0.2) is 0 Å². The zero-order valence-electron chi connectivity index (χ0n) is 12.8. The fraction of sp³-hybridized carbons (Fsp3) is 0.533. The molecular weight excluding hydrogens is 300 g/mol. The maximum absolute atomic E-state index is 11.9. The molecule has 3 N–H and O–H groups in total. The van der Waals surface area contributed by atoms with Crippen LogP contribution in [-0.2, 0) is 22.4 Å². The number of nitriles is 1. The highest BCUT2D eigenvalue weighted by atomic mass is 32.1. The number of thiophene rings is 1. The molecule has 0 aliphatic heterocycles. The van der Waals surface area contributed by atoms with E-state index in [0.29, 0.717) is 16.5 Å². The fourth-order valence-corrected chi connectivity index (χ4v) is 3.88. The van der Waals surface area contributed by atoms with Crippen LogP contribution in [0, 0.1) is 17.2 Å². The Balaban J connectivity index is 1.99. The maximum atomic E-state index is 11.9. The molecule has 1 atom stereocenters. The van der Waals surface area contributed by atoms with Crippen molar-refractivity contribution < 1.29 is 9.59 Å². The first kappa shape index (κ1) is 16.5. The Kier molecular flexibility index (Phi) is 5.52. The molecule has 2 rings (SSSR count).